The van der Waals surface area contributed by atoms with Gasteiger partial charge in [0.1, 0.15) is 0 Å². The van der Waals surface area contributed by atoms with Crippen molar-refractivity contribution in [2.45, 2.75) is 89.2 Å². The van der Waals surface area contributed by atoms with Crippen LogP contribution >= 0.6 is 0 Å². The standard InChI is InChI=1S/C30H45N3O4/c1-28-11-8-22(32(3)27(35)33-16-14-31-15-17-33)18-21(28)5-6-25-24(28)9-12-29(2)23(10-13-30(25,29)36)20-4-7-26(34)37-19-20/h4,7,19,21-25,31,36H,5-6,8-18H2,1-3H3/t21-,22-,23-,24+,25-,28+,29-,30+/m1/s1. The number of nitrogens with zero attached hydrogens (tertiary/aromatic N) is 2. The molecule has 1 aliphatic heterocycles. The van der Waals surface area contributed by atoms with Gasteiger partial charge in [-0.15, -0.1) is 0 Å². The van der Waals surface area contributed by atoms with Crippen LogP contribution in [0, 0.1) is 28.6 Å². The van der Waals surface area contributed by atoms with Gasteiger partial charge in [0, 0.05) is 50.7 Å². The number of carbonyl (C=O) groups excluding carboxylic acids is 1. The van der Waals surface area contributed by atoms with Gasteiger partial charge in [-0.25, -0.2) is 9.59 Å². The number of hydrogen-bond donors (Lipinski definition) is 2. The van der Waals surface area contributed by atoms with E-state index in [1.807, 2.05) is 22.9 Å². The number of rotatable bonds is 2. The second-order valence-corrected chi connectivity index (χ2v) is 13.4. The number of amides is 2. The molecule has 0 spiro atoms. The highest BCUT2D eigenvalue weighted by Crippen LogP contribution is 2.70. The first-order valence-electron chi connectivity index (χ1n) is 14.7. The van der Waals surface area contributed by atoms with E-state index < -0.39 is 5.60 Å². The predicted molar refractivity (Wildman–Crippen MR) is 142 cm³/mol. The van der Waals surface area contributed by atoms with Crippen molar-refractivity contribution in [1.29, 1.82) is 0 Å². The first kappa shape index (κ1) is 25.4. The van der Waals surface area contributed by atoms with Crippen molar-refractivity contribution in [3.8, 4) is 0 Å². The molecule has 2 N–H and O–H groups in total. The zero-order valence-corrected chi connectivity index (χ0v) is 22.9. The van der Waals surface area contributed by atoms with Gasteiger partial charge in [-0.1, -0.05) is 13.8 Å². The quantitative estimate of drug-likeness (QED) is 0.621. The first-order chi connectivity index (χ1) is 17.7. The van der Waals surface area contributed by atoms with E-state index in [1.54, 1.807) is 6.26 Å². The molecule has 1 saturated heterocycles. The molecule has 4 aliphatic carbocycles. The van der Waals surface area contributed by atoms with Gasteiger partial charge in [0.2, 0.25) is 0 Å². The zero-order chi connectivity index (χ0) is 26.0. The molecule has 0 unspecified atom stereocenters. The summed E-state index contributed by atoms with van der Waals surface area (Å²) in [6.07, 6.45) is 11.1. The average molecular weight is 512 g/mol. The van der Waals surface area contributed by atoms with Crippen LogP contribution in [-0.2, 0) is 0 Å². The Bertz CT molecular complexity index is 1060. The monoisotopic (exact) mass is 511 g/mol. The summed E-state index contributed by atoms with van der Waals surface area (Å²) in [6, 6.07) is 3.95. The molecular weight excluding hydrogens is 466 g/mol. The molecule has 0 aromatic carbocycles. The lowest BCUT2D eigenvalue weighted by Crippen LogP contribution is -2.62. The molecule has 2 amide bonds. The van der Waals surface area contributed by atoms with Crippen molar-refractivity contribution < 1.29 is 14.3 Å². The van der Waals surface area contributed by atoms with E-state index in [9.17, 15) is 14.7 Å². The van der Waals surface area contributed by atoms with Gasteiger partial charge in [0.25, 0.3) is 0 Å². The third-order valence-electron chi connectivity index (χ3n) is 12.2. The summed E-state index contributed by atoms with van der Waals surface area (Å²) in [4.78, 5) is 28.8. The van der Waals surface area contributed by atoms with Crippen LogP contribution in [0.25, 0.3) is 0 Å². The molecule has 7 nitrogen and oxygen atoms in total. The molecule has 5 aliphatic rings. The van der Waals surface area contributed by atoms with E-state index >= 15 is 0 Å². The van der Waals surface area contributed by atoms with Crippen molar-refractivity contribution in [2.75, 3.05) is 33.2 Å². The molecule has 0 bridgehead atoms. The van der Waals surface area contributed by atoms with Gasteiger partial charge in [-0.2, -0.15) is 0 Å². The number of fused-ring (bicyclic) bond motifs is 5. The zero-order valence-electron chi connectivity index (χ0n) is 22.9. The molecule has 37 heavy (non-hydrogen) atoms. The van der Waals surface area contributed by atoms with E-state index in [0.717, 1.165) is 89.5 Å². The fourth-order valence-corrected chi connectivity index (χ4v) is 9.89. The molecule has 0 radical (unpaired) electrons. The van der Waals surface area contributed by atoms with Gasteiger partial charge < -0.3 is 24.6 Å². The van der Waals surface area contributed by atoms with Gasteiger partial charge >= 0.3 is 11.7 Å². The maximum absolute atomic E-state index is 13.2. The van der Waals surface area contributed by atoms with Crippen molar-refractivity contribution in [2.24, 2.45) is 28.6 Å². The van der Waals surface area contributed by atoms with Gasteiger partial charge in [-0.05, 0) is 98.5 Å². The Morgan fingerprint density at radius 1 is 1.05 bits per heavy atom. The largest absolute Gasteiger partial charge is 0.431 e. The lowest BCUT2D eigenvalue weighted by molar-refractivity contribution is -0.203. The van der Waals surface area contributed by atoms with Crippen LogP contribution in [0.4, 0.5) is 4.79 Å². The fourth-order valence-electron chi connectivity index (χ4n) is 9.89. The minimum atomic E-state index is -0.670. The average Bonchev–Trinajstić information content (AvgIpc) is 3.19. The number of urea groups is 1. The van der Waals surface area contributed by atoms with Crippen molar-refractivity contribution in [3.05, 3.63) is 34.4 Å². The lowest BCUT2D eigenvalue weighted by atomic mass is 9.43. The van der Waals surface area contributed by atoms with Crippen molar-refractivity contribution >= 4 is 6.03 Å². The van der Waals surface area contributed by atoms with Gasteiger partial charge in [-0.3, -0.25) is 0 Å². The topological polar surface area (TPSA) is 86.0 Å². The Labute approximate surface area is 221 Å². The summed E-state index contributed by atoms with van der Waals surface area (Å²) < 4.78 is 5.24. The van der Waals surface area contributed by atoms with Crippen LogP contribution in [0.1, 0.15) is 83.1 Å². The first-order valence-corrected chi connectivity index (χ1v) is 14.7. The maximum Gasteiger partial charge on any atom is 0.335 e. The smallest absolute Gasteiger partial charge is 0.335 e. The second-order valence-electron chi connectivity index (χ2n) is 13.4. The molecule has 1 aromatic heterocycles. The predicted octanol–water partition coefficient (Wildman–Crippen LogP) is 4.21. The van der Waals surface area contributed by atoms with Crippen molar-refractivity contribution in [1.82, 2.24) is 15.1 Å². The van der Waals surface area contributed by atoms with Crippen molar-refractivity contribution in [3.63, 3.8) is 0 Å². The molecule has 4 saturated carbocycles. The highest BCUT2D eigenvalue weighted by Gasteiger charge is 2.67. The fraction of sp³-hybridized carbons (Fsp3) is 0.800. The molecular formula is C30H45N3O4. The summed E-state index contributed by atoms with van der Waals surface area (Å²) in [7, 11) is 2.02. The maximum atomic E-state index is 13.2. The highest BCUT2D eigenvalue weighted by atomic mass is 16.4. The summed E-state index contributed by atoms with van der Waals surface area (Å²) >= 11 is 0. The Morgan fingerprint density at radius 3 is 2.57 bits per heavy atom. The second kappa shape index (κ2) is 9.11. The third-order valence-corrected chi connectivity index (χ3v) is 12.2. The third kappa shape index (κ3) is 3.82. The lowest BCUT2D eigenvalue weighted by Gasteiger charge is -2.64. The minimum absolute atomic E-state index is 0.190. The van der Waals surface area contributed by atoms with Crippen LogP contribution in [0.3, 0.4) is 0 Å². The number of nitrogens with one attached hydrogen (secondary N) is 1. The van der Waals surface area contributed by atoms with Crippen LogP contribution in [0.2, 0.25) is 0 Å². The molecule has 6 rings (SSSR count). The number of aliphatic hydroxyl groups is 1. The number of carbonyl (C=O) groups is 1. The number of hydrogen-bond acceptors (Lipinski definition) is 5. The normalized spacial score (nSPS) is 43.5. The molecule has 204 valence electrons. The Kier molecular flexibility index (Phi) is 6.26. The number of piperazine rings is 1. The summed E-state index contributed by atoms with van der Waals surface area (Å²) in [6.45, 7) is 8.18. The Hall–Kier alpha value is -1.86. The van der Waals surface area contributed by atoms with Gasteiger partial charge in [0.15, 0.2) is 0 Å². The minimum Gasteiger partial charge on any atom is -0.431 e. The van der Waals surface area contributed by atoms with E-state index in [4.69, 9.17) is 4.42 Å². The summed E-state index contributed by atoms with van der Waals surface area (Å²) in [5.74, 6) is 1.70. The van der Waals surface area contributed by atoms with E-state index in [2.05, 4.69) is 19.2 Å². The van der Waals surface area contributed by atoms with E-state index in [1.165, 1.54) is 6.07 Å². The molecule has 2 heterocycles. The van der Waals surface area contributed by atoms with Crippen LogP contribution in [0.15, 0.2) is 27.6 Å². The molecule has 5 fully saturated rings. The molecule has 1 aromatic rings. The Balaban J connectivity index is 1.19. The summed E-state index contributed by atoms with van der Waals surface area (Å²) in [5.41, 5.74) is 0.121. The van der Waals surface area contributed by atoms with E-state index in [-0.39, 0.29) is 28.4 Å². The molecule has 7 heteroatoms. The van der Waals surface area contributed by atoms with Gasteiger partial charge in [0.05, 0.1) is 11.9 Å². The van der Waals surface area contributed by atoms with Crippen LogP contribution in [-0.4, -0.2) is 65.8 Å². The Morgan fingerprint density at radius 2 is 1.84 bits per heavy atom. The van der Waals surface area contributed by atoms with Crippen LogP contribution in [0.5, 0.6) is 0 Å². The SMILES string of the molecule is CN(C(=O)N1CCNCC1)[C@@H]1CC[C@@]2(C)[C@H](CC[C@@H]3[C@@H]2CC[C@]2(C)[C@@H](c4ccc(=O)oc4)CC[C@]32O)C1. The molecule has 8 atom stereocenters. The highest BCUT2D eigenvalue weighted by molar-refractivity contribution is 5.74. The van der Waals surface area contributed by atoms with Crippen LogP contribution < -0.4 is 10.9 Å². The summed E-state index contributed by atoms with van der Waals surface area (Å²) in [5, 5.41) is 15.8. The van der Waals surface area contributed by atoms with E-state index in [0.29, 0.717) is 23.8 Å².